The molecule has 1 saturated heterocycles. The molecule has 2 rings (SSSR count). The molecule has 0 bridgehead atoms. The van der Waals surface area contributed by atoms with Crippen LogP contribution in [0.2, 0.25) is 0 Å². The van der Waals surface area contributed by atoms with Crippen molar-refractivity contribution >= 4 is 5.69 Å². The molecule has 0 radical (unpaired) electrons. The van der Waals surface area contributed by atoms with Gasteiger partial charge >= 0.3 is 0 Å². The van der Waals surface area contributed by atoms with Gasteiger partial charge in [-0.2, -0.15) is 0 Å². The molecule has 2 unspecified atom stereocenters. The van der Waals surface area contributed by atoms with Crippen LogP contribution in [0.25, 0.3) is 0 Å². The second-order valence-corrected chi connectivity index (χ2v) is 6.18. The van der Waals surface area contributed by atoms with Crippen molar-refractivity contribution in [2.45, 2.75) is 46.4 Å². The quantitative estimate of drug-likeness (QED) is 0.897. The zero-order valence-corrected chi connectivity index (χ0v) is 13.1. The zero-order chi connectivity index (χ0) is 14.5. The number of pyridine rings is 1. The lowest BCUT2D eigenvalue weighted by Crippen LogP contribution is -2.47. The van der Waals surface area contributed by atoms with Gasteiger partial charge in [-0.1, -0.05) is 13.8 Å². The largest absolute Gasteiger partial charge is 0.375 e. The third-order valence-corrected chi connectivity index (χ3v) is 3.60. The number of hydrogen-bond donors (Lipinski definition) is 1. The summed E-state index contributed by atoms with van der Waals surface area (Å²) in [6.45, 7) is 12.4. The SMILES string of the molecule is CC(C)CNCc1cc(N2CC(C)OCC2C)ccn1. The smallest absolute Gasteiger partial charge is 0.0723 e. The van der Waals surface area contributed by atoms with Crippen LogP contribution in [0.15, 0.2) is 18.3 Å². The average molecular weight is 277 g/mol. The molecule has 20 heavy (non-hydrogen) atoms. The van der Waals surface area contributed by atoms with E-state index in [0.29, 0.717) is 18.1 Å². The third kappa shape index (κ3) is 4.18. The van der Waals surface area contributed by atoms with E-state index in [4.69, 9.17) is 4.74 Å². The fourth-order valence-electron chi connectivity index (χ4n) is 2.49. The van der Waals surface area contributed by atoms with Gasteiger partial charge in [-0.15, -0.1) is 0 Å². The first-order chi connectivity index (χ1) is 9.56. The first kappa shape index (κ1) is 15.3. The highest BCUT2D eigenvalue weighted by molar-refractivity contribution is 5.48. The Morgan fingerprint density at radius 2 is 2.25 bits per heavy atom. The average Bonchev–Trinajstić information content (AvgIpc) is 2.41. The topological polar surface area (TPSA) is 37.4 Å². The monoisotopic (exact) mass is 277 g/mol. The molecule has 4 heteroatoms. The van der Waals surface area contributed by atoms with Crippen molar-refractivity contribution in [2.75, 3.05) is 24.6 Å². The number of rotatable bonds is 5. The Bertz CT molecular complexity index is 422. The van der Waals surface area contributed by atoms with Crippen LogP contribution in [0.4, 0.5) is 5.69 Å². The van der Waals surface area contributed by atoms with Gasteiger partial charge in [0.2, 0.25) is 0 Å². The molecule has 0 aromatic carbocycles. The first-order valence-corrected chi connectivity index (χ1v) is 7.60. The van der Waals surface area contributed by atoms with Gasteiger partial charge in [0.1, 0.15) is 0 Å². The number of hydrogen-bond acceptors (Lipinski definition) is 4. The summed E-state index contributed by atoms with van der Waals surface area (Å²) >= 11 is 0. The molecule has 112 valence electrons. The van der Waals surface area contributed by atoms with Crippen molar-refractivity contribution in [1.29, 1.82) is 0 Å². The van der Waals surface area contributed by atoms with Crippen LogP contribution < -0.4 is 10.2 Å². The minimum absolute atomic E-state index is 0.293. The molecule has 0 saturated carbocycles. The molecular formula is C16H27N3O. The number of anilines is 1. The highest BCUT2D eigenvalue weighted by atomic mass is 16.5. The van der Waals surface area contributed by atoms with E-state index in [0.717, 1.165) is 31.9 Å². The molecule has 1 fully saturated rings. The van der Waals surface area contributed by atoms with E-state index in [1.54, 1.807) is 0 Å². The fourth-order valence-corrected chi connectivity index (χ4v) is 2.49. The lowest BCUT2D eigenvalue weighted by molar-refractivity contribution is 0.0343. The number of nitrogens with one attached hydrogen (secondary N) is 1. The van der Waals surface area contributed by atoms with E-state index in [-0.39, 0.29) is 0 Å². The Balaban J connectivity index is 2.01. The Kier molecular flexibility index (Phi) is 5.38. The second kappa shape index (κ2) is 7.04. The van der Waals surface area contributed by atoms with Gasteiger partial charge in [-0.25, -0.2) is 0 Å². The van der Waals surface area contributed by atoms with Crippen molar-refractivity contribution in [2.24, 2.45) is 5.92 Å². The number of aromatic nitrogens is 1. The summed E-state index contributed by atoms with van der Waals surface area (Å²) in [5.41, 5.74) is 2.36. The van der Waals surface area contributed by atoms with Gasteiger partial charge in [-0.05, 0) is 38.4 Å². The number of nitrogens with zero attached hydrogens (tertiary/aromatic N) is 2. The third-order valence-electron chi connectivity index (χ3n) is 3.60. The standard InChI is InChI=1S/C16H27N3O/c1-12(2)8-17-9-15-7-16(5-6-18-15)19-10-14(4)20-11-13(19)3/h5-7,12-14,17H,8-11H2,1-4H3. The Labute approximate surface area is 122 Å². The Hall–Kier alpha value is -1.13. The van der Waals surface area contributed by atoms with Crippen molar-refractivity contribution in [1.82, 2.24) is 10.3 Å². The summed E-state index contributed by atoms with van der Waals surface area (Å²) in [4.78, 5) is 6.87. The molecule has 1 aliphatic heterocycles. The summed E-state index contributed by atoms with van der Waals surface area (Å²) in [5.74, 6) is 0.665. The molecule has 1 aromatic rings. The highest BCUT2D eigenvalue weighted by Gasteiger charge is 2.23. The van der Waals surface area contributed by atoms with Gasteiger partial charge in [0.05, 0.1) is 18.4 Å². The minimum Gasteiger partial charge on any atom is -0.375 e. The maximum Gasteiger partial charge on any atom is 0.0723 e. The van der Waals surface area contributed by atoms with Crippen LogP contribution in [0, 0.1) is 5.92 Å². The summed E-state index contributed by atoms with van der Waals surface area (Å²) in [7, 11) is 0. The van der Waals surface area contributed by atoms with Gasteiger partial charge in [0, 0.05) is 31.0 Å². The maximum absolute atomic E-state index is 5.69. The van der Waals surface area contributed by atoms with Gasteiger partial charge < -0.3 is 15.0 Å². The van der Waals surface area contributed by atoms with E-state index in [1.165, 1.54) is 5.69 Å². The van der Waals surface area contributed by atoms with E-state index >= 15 is 0 Å². The summed E-state index contributed by atoms with van der Waals surface area (Å²) in [6, 6.07) is 4.72. The lowest BCUT2D eigenvalue weighted by atomic mass is 10.1. The van der Waals surface area contributed by atoms with Crippen molar-refractivity contribution in [3.05, 3.63) is 24.0 Å². The first-order valence-electron chi connectivity index (χ1n) is 7.60. The number of morpholine rings is 1. The van der Waals surface area contributed by atoms with Gasteiger partial charge in [0.15, 0.2) is 0 Å². The van der Waals surface area contributed by atoms with E-state index in [1.807, 2.05) is 6.20 Å². The predicted molar refractivity (Wildman–Crippen MR) is 83.0 cm³/mol. The molecule has 0 spiro atoms. The minimum atomic E-state index is 0.293. The summed E-state index contributed by atoms with van der Waals surface area (Å²) in [5, 5.41) is 3.45. The van der Waals surface area contributed by atoms with Gasteiger partial charge in [0.25, 0.3) is 0 Å². The molecule has 4 nitrogen and oxygen atoms in total. The molecule has 1 N–H and O–H groups in total. The van der Waals surface area contributed by atoms with Crippen molar-refractivity contribution in [3.63, 3.8) is 0 Å². The highest BCUT2D eigenvalue weighted by Crippen LogP contribution is 2.21. The van der Waals surface area contributed by atoms with Crippen LogP contribution in [-0.2, 0) is 11.3 Å². The van der Waals surface area contributed by atoms with Crippen molar-refractivity contribution < 1.29 is 4.74 Å². The molecule has 1 aromatic heterocycles. The molecular weight excluding hydrogens is 250 g/mol. The van der Waals surface area contributed by atoms with Crippen LogP contribution in [-0.4, -0.2) is 36.8 Å². The molecule has 0 amide bonds. The van der Waals surface area contributed by atoms with Crippen LogP contribution in [0.3, 0.4) is 0 Å². The normalized spacial score (nSPS) is 23.4. The molecule has 2 heterocycles. The Morgan fingerprint density at radius 3 is 3.00 bits per heavy atom. The van der Waals surface area contributed by atoms with Crippen LogP contribution in [0.1, 0.15) is 33.4 Å². The Morgan fingerprint density at radius 1 is 1.45 bits per heavy atom. The number of ether oxygens (including phenoxy) is 1. The molecule has 1 aliphatic rings. The molecule has 2 atom stereocenters. The van der Waals surface area contributed by atoms with Crippen molar-refractivity contribution in [3.8, 4) is 0 Å². The van der Waals surface area contributed by atoms with E-state index < -0.39 is 0 Å². The molecule has 0 aliphatic carbocycles. The second-order valence-electron chi connectivity index (χ2n) is 6.18. The fraction of sp³-hybridized carbons (Fsp3) is 0.688. The maximum atomic E-state index is 5.69. The lowest BCUT2D eigenvalue weighted by Gasteiger charge is -2.38. The van der Waals surface area contributed by atoms with E-state index in [2.05, 4.69) is 55.0 Å². The van der Waals surface area contributed by atoms with Gasteiger partial charge in [-0.3, -0.25) is 4.98 Å². The predicted octanol–water partition coefficient (Wildman–Crippen LogP) is 2.44. The van der Waals surface area contributed by atoms with Crippen LogP contribution in [0.5, 0.6) is 0 Å². The summed E-state index contributed by atoms with van der Waals surface area (Å²) in [6.07, 6.45) is 2.20. The zero-order valence-electron chi connectivity index (χ0n) is 13.1. The van der Waals surface area contributed by atoms with E-state index in [9.17, 15) is 0 Å². The summed E-state index contributed by atoms with van der Waals surface area (Å²) < 4.78 is 5.69. The van der Waals surface area contributed by atoms with Crippen LogP contribution >= 0.6 is 0 Å².